The molecule has 1 N–H and O–H groups in total. The van der Waals surface area contributed by atoms with E-state index in [1.165, 1.54) is 5.56 Å². The van der Waals surface area contributed by atoms with Crippen LogP contribution in [0.2, 0.25) is 0 Å². The highest BCUT2D eigenvalue weighted by Crippen LogP contribution is 2.11. The number of nitrogens with one attached hydrogen (secondary N) is 1. The fraction of sp³-hybridized carbons (Fsp3) is 0.263. The number of benzene rings is 2. The number of halogens is 1. The predicted molar refractivity (Wildman–Crippen MR) is 107 cm³/mol. The van der Waals surface area contributed by atoms with Crippen molar-refractivity contribution in [1.82, 2.24) is 15.1 Å². The van der Waals surface area contributed by atoms with Gasteiger partial charge in [-0.3, -0.25) is 15.0 Å². The molecule has 0 radical (unpaired) electrons. The number of rotatable bonds is 3. The van der Waals surface area contributed by atoms with Crippen LogP contribution in [0, 0.1) is 0 Å². The highest BCUT2D eigenvalue weighted by Gasteiger charge is 2.20. The molecule has 4 nitrogen and oxygen atoms in total. The van der Waals surface area contributed by atoms with Crippen LogP contribution >= 0.6 is 28.1 Å². The Hall–Kier alpha value is -1.76. The number of nitrogens with zero attached hydrogens (tertiary/aromatic N) is 2. The largest absolute Gasteiger partial charge is 0.346 e. The van der Waals surface area contributed by atoms with Crippen LogP contribution in [-0.4, -0.2) is 47.0 Å². The average molecular weight is 418 g/mol. The zero-order chi connectivity index (χ0) is 17.6. The van der Waals surface area contributed by atoms with Gasteiger partial charge in [-0.25, -0.2) is 0 Å². The molecule has 130 valence electrons. The number of hydrogen-bond acceptors (Lipinski definition) is 3. The smallest absolute Gasteiger partial charge is 0.257 e. The maximum Gasteiger partial charge on any atom is 0.257 e. The molecule has 1 heterocycles. The third-order valence-corrected chi connectivity index (χ3v) is 5.12. The van der Waals surface area contributed by atoms with Gasteiger partial charge in [-0.1, -0.05) is 46.3 Å². The summed E-state index contributed by atoms with van der Waals surface area (Å²) in [5.74, 6) is -0.163. The molecule has 0 bridgehead atoms. The van der Waals surface area contributed by atoms with Crippen LogP contribution in [0.15, 0.2) is 59.1 Å². The van der Waals surface area contributed by atoms with Gasteiger partial charge >= 0.3 is 0 Å². The molecule has 1 amide bonds. The van der Waals surface area contributed by atoms with E-state index in [9.17, 15) is 4.79 Å². The van der Waals surface area contributed by atoms with Crippen LogP contribution in [0.25, 0.3) is 0 Å². The topological polar surface area (TPSA) is 35.6 Å². The molecule has 2 aromatic rings. The Morgan fingerprint density at radius 1 is 1.00 bits per heavy atom. The third-order valence-electron chi connectivity index (χ3n) is 4.24. The summed E-state index contributed by atoms with van der Waals surface area (Å²) < 4.78 is 0.946. The molecule has 0 spiro atoms. The van der Waals surface area contributed by atoms with Gasteiger partial charge in [0.1, 0.15) is 0 Å². The molecule has 1 fully saturated rings. The third kappa shape index (κ3) is 5.11. The Bertz CT molecular complexity index is 728. The second kappa shape index (κ2) is 8.56. The van der Waals surface area contributed by atoms with Crippen molar-refractivity contribution in [2.45, 2.75) is 6.54 Å². The molecule has 0 aliphatic carbocycles. The van der Waals surface area contributed by atoms with E-state index in [1.54, 1.807) is 12.1 Å². The maximum absolute atomic E-state index is 12.3. The summed E-state index contributed by atoms with van der Waals surface area (Å²) in [6.07, 6.45) is 0. The van der Waals surface area contributed by atoms with Crippen molar-refractivity contribution < 1.29 is 4.79 Å². The molecular formula is C19H20BrN3OS. The highest BCUT2D eigenvalue weighted by atomic mass is 79.9. The average Bonchev–Trinajstić information content (AvgIpc) is 2.63. The molecule has 0 aromatic heterocycles. The van der Waals surface area contributed by atoms with Crippen LogP contribution in [-0.2, 0) is 6.54 Å². The van der Waals surface area contributed by atoms with Gasteiger partial charge in [0.2, 0.25) is 0 Å². The molecule has 1 aliphatic heterocycles. The minimum absolute atomic E-state index is 0.163. The van der Waals surface area contributed by atoms with Crippen LogP contribution in [0.4, 0.5) is 0 Å². The van der Waals surface area contributed by atoms with E-state index in [2.05, 4.69) is 55.3 Å². The van der Waals surface area contributed by atoms with Gasteiger partial charge in [-0.15, -0.1) is 0 Å². The van der Waals surface area contributed by atoms with E-state index in [1.807, 2.05) is 18.2 Å². The minimum atomic E-state index is -0.163. The Balaban J connectivity index is 1.48. The van der Waals surface area contributed by atoms with Crippen molar-refractivity contribution >= 4 is 39.2 Å². The number of amides is 1. The molecule has 3 rings (SSSR count). The first-order valence-corrected chi connectivity index (χ1v) is 9.44. The summed E-state index contributed by atoms with van der Waals surface area (Å²) >= 11 is 8.78. The second-order valence-electron chi connectivity index (χ2n) is 6.01. The Labute approximate surface area is 161 Å². The zero-order valence-corrected chi connectivity index (χ0v) is 16.2. The first-order chi connectivity index (χ1) is 12.1. The van der Waals surface area contributed by atoms with Gasteiger partial charge in [-0.05, 0) is 42.0 Å². The monoisotopic (exact) mass is 417 g/mol. The summed E-state index contributed by atoms with van der Waals surface area (Å²) in [6, 6.07) is 17.7. The van der Waals surface area contributed by atoms with E-state index in [4.69, 9.17) is 12.2 Å². The van der Waals surface area contributed by atoms with E-state index < -0.39 is 0 Å². The van der Waals surface area contributed by atoms with Gasteiger partial charge < -0.3 is 4.90 Å². The van der Waals surface area contributed by atoms with Crippen molar-refractivity contribution in [3.05, 3.63) is 70.2 Å². The lowest BCUT2D eigenvalue weighted by atomic mass is 10.2. The lowest BCUT2D eigenvalue weighted by molar-refractivity contribution is 0.0969. The number of piperazine rings is 1. The summed E-state index contributed by atoms with van der Waals surface area (Å²) in [5.41, 5.74) is 1.93. The number of carbonyl (C=O) groups excluding carboxylic acids is 1. The molecule has 0 atom stereocenters. The summed E-state index contributed by atoms with van der Waals surface area (Å²) in [7, 11) is 0. The maximum atomic E-state index is 12.3. The molecule has 1 saturated heterocycles. The lowest BCUT2D eigenvalue weighted by Gasteiger charge is -2.36. The van der Waals surface area contributed by atoms with E-state index in [0.717, 1.165) is 37.2 Å². The number of carbonyl (C=O) groups is 1. The van der Waals surface area contributed by atoms with Gasteiger partial charge in [-0.2, -0.15) is 0 Å². The van der Waals surface area contributed by atoms with Gasteiger partial charge in [0.05, 0.1) is 0 Å². The first kappa shape index (κ1) is 18.0. The summed E-state index contributed by atoms with van der Waals surface area (Å²) in [6.45, 7) is 4.47. The molecular weight excluding hydrogens is 398 g/mol. The van der Waals surface area contributed by atoms with Crippen molar-refractivity contribution in [2.24, 2.45) is 0 Å². The molecule has 1 aliphatic rings. The number of thiocarbonyl (C=S) groups is 1. The van der Waals surface area contributed by atoms with E-state index in [-0.39, 0.29) is 5.91 Å². The molecule has 0 unspecified atom stereocenters. The first-order valence-electron chi connectivity index (χ1n) is 8.24. The van der Waals surface area contributed by atoms with Crippen LogP contribution in [0.1, 0.15) is 15.9 Å². The van der Waals surface area contributed by atoms with Crippen LogP contribution in [0.3, 0.4) is 0 Å². The number of hydrogen-bond donors (Lipinski definition) is 1. The highest BCUT2D eigenvalue weighted by molar-refractivity contribution is 9.10. The zero-order valence-electron chi connectivity index (χ0n) is 13.8. The quantitative estimate of drug-likeness (QED) is 0.777. The Morgan fingerprint density at radius 2 is 1.64 bits per heavy atom. The van der Waals surface area contributed by atoms with Gasteiger partial charge in [0.25, 0.3) is 5.91 Å². The summed E-state index contributed by atoms with van der Waals surface area (Å²) in [4.78, 5) is 16.7. The molecule has 2 aromatic carbocycles. The van der Waals surface area contributed by atoms with Crippen LogP contribution in [0.5, 0.6) is 0 Å². The predicted octanol–water partition coefficient (Wildman–Crippen LogP) is 3.28. The second-order valence-corrected chi connectivity index (χ2v) is 7.32. The van der Waals surface area contributed by atoms with Crippen LogP contribution < -0.4 is 5.32 Å². The molecule has 6 heteroatoms. The van der Waals surface area contributed by atoms with E-state index >= 15 is 0 Å². The lowest BCUT2D eigenvalue weighted by Crippen LogP contribution is -2.52. The van der Waals surface area contributed by atoms with E-state index in [0.29, 0.717) is 10.7 Å². The fourth-order valence-corrected chi connectivity index (χ4v) is 3.34. The van der Waals surface area contributed by atoms with Crippen molar-refractivity contribution in [1.29, 1.82) is 0 Å². The molecule has 0 saturated carbocycles. The van der Waals surface area contributed by atoms with Gasteiger partial charge in [0.15, 0.2) is 5.11 Å². The van der Waals surface area contributed by atoms with Gasteiger partial charge in [0, 0.05) is 42.8 Å². The summed E-state index contributed by atoms with van der Waals surface area (Å²) in [5, 5.41) is 3.34. The van der Waals surface area contributed by atoms with Crippen molar-refractivity contribution in [3.8, 4) is 0 Å². The SMILES string of the molecule is O=C(NC(=S)N1CCN(Cc2ccccc2)CC1)c1ccc(Br)cc1. The minimum Gasteiger partial charge on any atom is -0.346 e. The normalized spacial score (nSPS) is 15.0. The Kier molecular flexibility index (Phi) is 6.18. The fourth-order valence-electron chi connectivity index (χ4n) is 2.80. The van der Waals surface area contributed by atoms with Crippen molar-refractivity contribution in [3.63, 3.8) is 0 Å². The Morgan fingerprint density at radius 3 is 2.28 bits per heavy atom. The molecule has 25 heavy (non-hydrogen) atoms. The van der Waals surface area contributed by atoms with Crippen molar-refractivity contribution in [2.75, 3.05) is 26.2 Å². The standard InChI is InChI=1S/C19H20BrN3OS/c20-17-8-6-16(7-9-17)18(24)21-19(25)23-12-10-22(11-13-23)14-15-4-2-1-3-5-15/h1-9H,10-14H2,(H,21,24,25).